The number of carboxylic acids is 1. The molecule has 1 N–H and O–H groups in total. The lowest BCUT2D eigenvalue weighted by Crippen LogP contribution is -2.50. The molecule has 0 aromatic heterocycles. The van der Waals surface area contributed by atoms with Crippen molar-refractivity contribution >= 4 is 11.9 Å². The first-order valence-corrected chi connectivity index (χ1v) is 8.02. The quantitative estimate of drug-likeness (QED) is 0.873. The van der Waals surface area contributed by atoms with E-state index in [-0.39, 0.29) is 5.91 Å². The highest BCUT2D eigenvalue weighted by atomic mass is 16.5. The van der Waals surface area contributed by atoms with E-state index in [0.717, 1.165) is 11.1 Å². The first kappa shape index (κ1) is 18.5. The van der Waals surface area contributed by atoms with Gasteiger partial charge in [-0.1, -0.05) is 35.9 Å². The minimum absolute atomic E-state index is 0.367. The van der Waals surface area contributed by atoms with Crippen LogP contribution >= 0.6 is 0 Å². The maximum atomic E-state index is 12.6. The van der Waals surface area contributed by atoms with E-state index in [1.54, 1.807) is 24.3 Å². The Kier molecular flexibility index (Phi) is 5.47. The third-order valence-electron chi connectivity index (χ3n) is 4.24. The second-order valence-electron chi connectivity index (χ2n) is 6.53. The molecular weight excluding hydrogens is 318 g/mol. The fourth-order valence-corrected chi connectivity index (χ4v) is 2.28. The van der Waals surface area contributed by atoms with Crippen LogP contribution in [0.4, 0.5) is 0 Å². The van der Waals surface area contributed by atoms with E-state index >= 15 is 0 Å². The average molecular weight is 341 g/mol. The summed E-state index contributed by atoms with van der Waals surface area (Å²) >= 11 is 0. The molecule has 5 heteroatoms. The lowest BCUT2D eigenvalue weighted by atomic mass is 10.0. The molecule has 0 aliphatic heterocycles. The number of likely N-dealkylation sites (N-methyl/N-ethyl adjacent to an activating group) is 1. The van der Waals surface area contributed by atoms with E-state index < -0.39 is 11.5 Å². The Morgan fingerprint density at radius 1 is 1.12 bits per heavy atom. The molecule has 0 fully saturated rings. The van der Waals surface area contributed by atoms with E-state index in [1.807, 2.05) is 31.2 Å². The number of rotatable bonds is 6. The Hall–Kier alpha value is -2.82. The van der Waals surface area contributed by atoms with Crippen molar-refractivity contribution in [2.45, 2.75) is 32.9 Å². The van der Waals surface area contributed by atoms with Gasteiger partial charge in [-0.25, -0.2) is 4.79 Å². The van der Waals surface area contributed by atoms with Crippen molar-refractivity contribution in [1.29, 1.82) is 0 Å². The van der Waals surface area contributed by atoms with Gasteiger partial charge in [0.25, 0.3) is 5.91 Å². The number of nitrogens with zero attached hydrogens (tertiary/aromatic N) is 1. The van der Waals surface area contributed by atoms with Gasteiger partial charge in [-0.05, 0) is 44.5 Å². The summed E-state index contributed by atoms with van der Waals surface area (Å²) in [7, 11) is 1.48. The molecule has 2 rings (SSSR count). The summed E-state index contributed by atoms with van der Waals surface area (Å²) in [5, 5.41) is 9.28. The molecule has 25 heavy (non-hydrogen) atoms. The summed E-state index contributed by atoms with van der Waals surface area (Å²) in [6, 6.07) is 14.8. The number of aryl methyl sites for hydroxylation is 1. The highest BCUT2D eigenvalue weighted by Crippen LogP contribution is 2.20. The summed E-state index contributed by atoms with van der Waals surface area (Å²) in [6.45, 7) is 5.40. The van der Waals surface area contributed by atoms with Crippen molar-refractivity contribution in [3.05, 3.63) is 65.2 Å². The van der Waals surface area contributed by atoms with E-state index in [4.69, 9.17) is 4.74 Å². The van der Waals surface area contributed by atoms with Crippen LogP contribution in [0, 0.1) is 6.92 Å². The molecule has 0 spiro atoms. The standard InChI is InChI=1S/C20H23NO4/c1-14-7-5-8-15(11-14)13-25-17-10-6-9-16(12-17)18(22)21(4)20(2,3)19(23)24/h5-12H,13H2,1-4H3,(H,23,24). The highest BCUT2D eigenvalue weighted by molar-refractivity contribution is 5.97. The van der Waals surface area contributed by atoms with Crippen LogP contribution in [0.2, 0.25) is 0 Å². The maximum absolute atomic E-state index is 12.6. The van der Waals surface area contributed by atoms with E-state index in [9.17, 15) is 14.7 Å². The number of amides is 1. The van der Waals surface area contributed by atoms with E-state index in [0.29, 0.717) is 17.9 Å². The second kappa shape index (κ2) is 7.38. The van der Waals surface area contributed by atoms with Gasteiger partial charge in [-0.3, -0.25) is 4.79 Å². The van der Waals surface area contributed by atoms with Crippen LogP contribution in [0.15, 0.2) is 48.5 Å². The van der Waals surface area contributed by atoms with Crippen LogP contribution in [0.3, 0.4) is 0 Å². The first-order valence-electron chi connectivity index (χ1n) is 8.02. The smallest absolute Gasteiger partial charge is 0.329 e. The molecule has 2 aromatic rings. The average Bonchev–Trinajstić information content (AvgIpc) is 2.58. The lowest BCUT2D eigenvalue weighted by molar-refractivity contribution is -0.147. The molecule has 0 atom stereocenters. The van der Waals surface area contributed by atoms with Crippen LogP contribution in [-0.2, 0) is 11.4 Å². The van der Waals surface area contributed by atoms with E-state index in [1.165, 1.54) is 25.8 Å². The number of carboxylic acid groups (broad SMARTS) is 1. The van der Waals surface area contributed by atoms with Gasteiger partial charge in [0.2, 0.25) is 0 Å². The van der Waals surface area contributed by atoms with Crippen molar-refractivity contribution in [3.8, 4) is 5.75 Å². The number of carbonyl (C=O) groups is 2. The number of hydrogen-bond donors (Lipinski definition) is 1. The van der Waals surface area contributed by atoms with E-state index in [2.05, 4.69) is 0 Å². The molecular formula is C20H23NO4. The molecule has 0 unspecified atom stereocenters. The van der Waals surface area contributed by atoms with Crippen molar-refractivity contribution in [1.82, 2.24) is 4.90 Å². The van der Waals surface area contributed by atoms with Gasteiger partial charge in [0, 0.05) is 12.6 Å². The van der Waals surface area contributed by atoms with Gasteiger partial charge in [-0.15, -0.1) is 0 Å². The molecule has 0 aliphatic rings. The molecule has 0 radical (unpaired) electrons. The summed E-state index contributed by atoms with van der Waals surface area (Å²) in [5.74, 6) is -0.863. The van der Waals surface area contributed by atoms with Gasteiger partial charge < -0.3 is 14.7 Å². The number of ether oxygens (including phenoxy) is 1. The zero-order valence-electron chi connectivity index (χ0n) is 14.9. The minimum Gasteiger partial charge on any atom is -0.489 e. The maximum Gasteiger partial charge on any atom is 0.329 e. The second-order valence-corrected chi connectivity index (χ2v) is 6.53. The Morgan fingerprint density at radius 2 is 1.80 bits per heavy atom. The van der Waals surface area contributed by atoms with Crippen molar-refractivity contribution in [2.24, 2.45) is 0 Å². The summed E-state index contributed by atoms with van der Waals surface area (Å²) in [6.07, 6.45) is 0. The number of aliphatic carboxylic acids is 1. The molecule has 5 nitrogen and oxygen atoms in total. The third-order valence-corrected chi connectivity index (χ3v) is 4.24. The Bertz CT molecular complexity index is 783. The minimum atomic E-state index is -1.30. The molecule has 0 aliphatic carbocycles. The van der Waals surface area contributed by atoms with Crippen molar-refractivity contribution in [3.63, 3.8) is 0 Å². The summed E-state index contributed by atoms with van der Waals surface area (Å²) < 4.78 is 5.76. The van der Waals surface area contributed by atoms with Crippen LogP contribution in [0.1, 0.15) is 35.3 Å². The fourth-order valence-electron chi connectivity index (χ4n) is 2.28. The third kappa shape index (κ3) is 4.38. The fraction of sp³-hybridized carbons (Fsp3) is 0.300. The largest absolute Gasteiger partial charge is 0.489 e. The monoisotopic (exact) mass is 341 g/mol. The normalized spacial score (nSPS) is 11.0. The number of hydrogen-bond acceptors (Lipinski definition) is 3. The molecule has 2 aromatic carbocycles. The van der Waals surface area contributed by atoms with Gasteiger partial charge >= 0.3 is 5.97 Å². The van der Waals surface area contributed by atoms with Crippen LogP contribution in [0.25, 0.3) is 0 Å². The summed E-state index contributed by atoms with van der Waals surface area (Å²) in [4.78, 5) is 25.1. The zero-order valence-corrected chi connectivity index (χ0v) is 14.9. The number of carbonyl (C=O) groups excluding carboxylic acids is 1. The van der Waals surface area contributed by atoms with Gasteiger partial charge in [0.1, 0.15) is 17.9 Å². The SMILES string of the molecule is Cc1cccc(COc2cccc(C(=O)N(C)C(C)(C)C(=O)O)c2)c1. The number of benzene rings is 2. The first-order chi connectivity index (χ1) is 11.7. The lowest BCUT2D eigenvalue weighted by Gasteiger charge is -2.31. The molecule has 0 saturated carbocycles. The predicted molar refractivity (Wildman–Crippen MR) is 95.8 cm³/mol. The molecule has 1 amide bonds. The van der Waals surface area contributed by atoms with Gasteiger partial charge in [0.15, 0.2) is 0 Å². The van der Waals surface area contributed by atoms with Crippen molar-refractivity contribution in [2.75, 3.05) is 7.05 Å². The zero-order chi connectivity index (χ0) is 18.6. The molecule has 132 valence electrons. The summed E-state index contributed by atoms with van der Waals surface area (Å²) in [5.41, 5.74) is 1.29. The van der Waals surface area contributed by atoms with Crippen LogP contribution < -0.4 is 4.74 Å². The van der Waals surface area contributed by atoms with Crippen LogP contribution in [0.5, 0.6) is 5.75 Å². The van der Waals surface area contributed by atoms with Gasteiger partial charge in [0.05, 0.1) is 0 Å². The van der Waals surface area contributed by atoms with Crippen molar-refractivity contribution < 1.29 is 19.4 Å². The van der Waals surface area contributed by atoms with Crippen LogP contribution in [-0.4, -0.2) is 34.5 Å². The Balaban J connectivity index is 2.13. The molecule has 0 bridgehead atoms. The topological polar surface area (TPSA) is 66.8 Å². The Labute approximate surface area is 147 Å². The molecule has 0 saturated heterocycles. The Morgan fingerprint density at radius 3 is 2.44 bits per heavy atom. The predicted octanol–water partition coefficient (Wildman–Crippen LogP) is 3.51. The molecule has 0 heterocycles. The van der Waals surface area contributed by atoms with Gasteiger partial charge in [-0.2, -0.15) is 0 Å². The highest BCUT2D eigenvalue weighted by Gasteiger charge is 2.35.